The van der Waals surface area contributed by atoms with Crippen molar-refractivity contribution in [1.29, 1.82) is 0 Å². The molecule has 2 aliphatic heterocycles. The van der Waals surface area contributed by atoms with Crippen molar-refractivity contribution in [2.45, 2.75) is 48.3 Å². The molecule has 0 spiro atoms. The zero-order valence-corrected chi connectivity index (χ0v) is 16.4. The Balaban J connectivity index is 1.52. The molecule has 1 amide bonds. The summed E-state index contributed by atoms with van der Waals surface area (Å²) in [7, 11) is 0. The minimum absolute atomic E-state index is 0.0941. The topological polar surface area (TPSA) is 66.8 Å². The maximum absolute atomic E-state index is 12.9. The van der Waals surface area contributed by atoms with Crippen LogP contribution in [0.5, 0.6) is 0 Å². The highest BCUT2D eigenvalue weighted by Gasteiger charge is 2.61. The number of β-lactam (4-membered cyclic amide) rings is 1. The smallest absolute Gasteiger partial charge is 0.330 e. The predicted molar refractivity (Wildman–Crippen MR) is 107 cm³/mol. The van der Waals surface area contributed by atoms with Crippen LogP contribution in [0, 0.1) is 5.92 Å². The molecule has 146 valence electrons. The van der Waals surface area contributed by atoms with Gasteiger partial charge in [-0.3, -0.25) is 4.79 Å². The lowest BCUT2D eigenvalue weighted by Gasteiger charge is -2.46. The maximum Gasteiger partial charge on any atom is 0.330 e. The van der Waals surface area contributed by atoms with Crippen molar-refractivity contribution in [2.75, 3.05) is 0 Å². The summed E-state index contributed by atoms with van der Waals surface area (Å²) >= 11 is 1.60. The van der Waals surface area contributed by atoms with Gasteiger partial charge in [0.2, 0.25) is 5.91 Å². The molecule has 5 atom stereocenters. The number of aliphatic hydroxyl groups excluding tert-OH is 1. The van der Waals surface area contributed by atoms with E-state index in [4.69, 9.17) is 4.74 Å². The first-order chi connectivity index (χ1) is 13.6. The molecule has 2 heterocycles. The number of carbonyl (C=O) groups excluding carboxylic acids is 2. The van der Waals surface area contributed by atoms with Crippen LogP contribution in [0.2, 0.25) is 0 Å². The first kappa shape index (κ1) is 19.0. The number of fused-ring (bicyclic) bond motifs is 1. The molecule has 2 aliphatic rings. The van der Waals surface area contributed by atoms with E-state index in [2.05, 4.69) is 0 Å². The van der Waals surface area contributed by atoms with Crippen molar-refractivity contribution in [3.05, 3.63) is 66.2 Å². The van der Waals surface area contributed by atoms with Crippen molar-refractivity contribution in [2.24, 2.45) is 5.92 Å². The molecular formula is C22H23NO4S. The molecule has 0 aliphatic carbocycles. The Morgan fingerprint density at radius 3 is 2.46 bits per heavy atom. The van der Waals surface area contributed by atoms with E-state index in [0.717, 1.165) is 10.5 Å². The van der Waals surface area contributed by atoms with Crippen LogP contribution < -0.4 is 0 Å². The van der Waals surface area contributed by atoms with Crippen LogP contribution in [0.15, 0.2) is 65.6 Å². The minimum atomic E-state index is -0.713. The van der Waals surface area contributed by atoms with E-state index in [1.165, 1.54) is 0 Å². The van der Waals surface area contributed by atoms with Crippen LogP contribution in [0.3, 0.4) is 0 Å². The van der Waals surface area contributed by atoms with Gasteiger partial charge < -0.3 is 14.7 Å². The molecule has 6 heteroatoms. The second kappa shape index (κ2) is 7.97. The van der Waals surface area contributed by atoms with E-state index in [9.17, 15) is 14.7 Å². The second-order valence-corrected chi connectivity index (χ2v) is 8.64. The van der Waals surface area contributed by atoms with Gasteiger partial charge in [-0.25, -0.2) is 4.79 Å². The Morgan fingerprint density at radius 2 is 1.82 bits per heavy atom. The van der Waals surface area contributed by atoms with Crippen molar-refractivity contribution in [1.82, 2.24) is 4.90 Å². The summed E-state index contributed by atoms with van der Waals surface area (Å²) in [6, 6.07) is 18.6. The quantitative estimate of drug-likeness (QED) is 0.600. The summed E-state index contributed by atoms with van der Waals surface area (Å²) in [5.74, 6) is -0.958. The minimum Gasteiger partial charge on any atom is -0.459 e. The van der Waals surface area contributed by atoms with E-state index in [1.807, 2.05) is 60.7 Å². The highest BCUT2D eigenvalue weighted by Crippen LogP contribution is 2.47. The third kappa shape index (κ3) is 3.54. The van der Waals surface area contributed by atoms with E-state index >= 15 is 0 Å². The molecule has 2 aromatic rings. The van der Waals surface area contributed by atoms with Crippen molar-refractivity contribution >= 4 is 23.6 Å². The Labute approximate surface area is 168 Å². The molecule has 2 aromatic carbocycles. The number of aliphatic hydroxyl groups is 1. The lowest BCUT2D eigenvalue weighted by atomic mass is 9.84. The fraction of sp³-hybridized carbons (Fsp3) is 0.364. The molecule has 1 N–H and O–H groups in total. The van der Waals surface area contributed by atoms with Gasteiger partial charge in [0.05, 0.1) is 12.0 Å². The second-order valence-electron chi connectivity index (χ2n) is 7.32. The van der Waals surface area contributed by atoms with Crippen LogP contribution in [0.25, 0.3) is 0 Å². The summed E-state index contributed by atoms with van der Waals surface area (Å²) in [5, 5.41) is 9.88. The number of benzene rings is 2. The summed E-state index contributed by atoms with van der Waals surface area (Å²) < 4.78 is 5.57. The van der Waals surface area contributed by atoms with Gasteiger partial charge in [-0.15, -0.1) is 11.8 Å². The molecule has 2 saturated heterocycles. The summed E-state index contributed by atoms with van der Waals surface area (Å²) in [6.07, 6.45) is -0.0402. The zero-order chi connectivity index (χ0) is 19.7. The maximum atomic E-state index is 12.9. The monoisotopic (exact) mass is 397 g/mol. The lowest BCUT2D eigenvalue weighted by Crippen LogP contribution is -2.65. The summed E-state index contributed by atoms with van der Waals surface area (Å²) in [5.41, 5.74) is 0.912. The Kier molecular flexibility index (Phi) is 5.42. The number of ether oxygens (including phenoxy) is 1. The number of thioether (sulfide) groups is 1. The first-order valence-corrected chi connectivity index (χ1v) is 10.4. The van der Waals surface area contributed by atoms with Crippen LogP contribution in [0.1, 0.15) is 18.9 Å². The number of esters is 1. The fourth-order valence-corrected chi connectivity index (χ4v) is 5.46. The van der Waals surface area contributed by atoms with Gasteiger partial charge in [-0.2, -0.15) is 0 Å². The van der Waals surface area contributed by atoms with E-state index in [-0.39, 0.29) is 29.8 Å². The van der Waals surface area contributed by atoms with E-state index < -0.39 is 18.1 Å². The molecule has 5 nitrogen and oxygen atoms in total. The van der Waals surface area contributed by atoms with Gasteiger partial charge >= 0.3 is 5.97 Å². The summed E-state index contributed by atoms with van der Waals surface area (Å²) in [4.78, 5) is 28.2. The van der Waals surface area contributed by atoms with E-state index in [1.54, 1.807) is 23.6 Å². The Bertz CT molecular complexity index is 842. The van der Waals surface area contributed by atoms with Gasteiger partial charge in [0.1, 0.15) is 12.6 Å². The third-order valence-electron chi connectivity index (χ3n) is 5.45. The van der Waals surface area contributed by atoms with Crippen LogP contribution in [-0.4, -0.2) is 45.3 Å². The molecule has 28 heavy (non-hydrogen) atoms. The average molecular weight is 397 g/mol. The lowest BCUT2D eigenvalue weighted by molar-refractivity contribution is -0.172. The average Bonchev–Trinajstić information content (AvgIpc) is 3.01. The highest BCUT2D eigenvalue weighted by molar-refractivity contribution is 8.00. The van der Waals surface area contributed by atoms with Gasteiger partial charge in [0, 0.05) is 16.2 Å². The van der Waals surface area contributed by atoms with Crippen LogP contribution in [0.4, 0.5) is 0 Å². The number of hydrogen-bond donors (Lipinski definition) is 1. The largest absolute Gasteiger partial charge is 0.459 e. The third-order valence-corrected chi connectivity index (χ3v) is 6.75. The van der Waals surface area contributed by atoms with Gasteiger partial charge in [0.25, 0.3) is 0 Å². The molecule has 4 rings (SSSR count). The number of rotatable bonds is 6. The molecule has 4 unspecified atom stereocenters. The zero-order valence-electron chi connectivity index (χ0n) is 15.6. The van der Waals surface area contributed by atoms with Crippen molar-refractivity contribution < 1.29 is 19.4 Å². The van der Waals surface area contributed by atoms with Gasteiger partial charge in [-0.1, -0.05) is 48.5 Å². The number of amides is 1. The number of hydrogen-bond acceptors (Lipinski definition) is 5. The van der Waals surface area contributed by atoms with E-state index in [0.29, 0.717) is 6.42 Å². The number of carbonyl (C=O) groups is 2. The SMILES string of the molecule is CC(O)C1C(=O)N2C1CC(Sc1ccccc1)[C@H]2C(=O)OCc1ccccc1. The molecule has 0 bridgehead atoms. The molecule has 0 aromatic heterocycles. The normalized spacial score (nSPS) is 27.1. The molecule has 0 saturated carbocycles. The van der Waals surface area contributed by atoms with Crippen LogP contribution >= 0.6 is 11.8 Å². The van der Waals surface area contributed by atoms with Gasteiger partial charge in [0.15, 0.2) is 0 Å². The fourth-order valence-electron chi connectivity index (χ4n) is 4.13. The Hall–Kier alpha value is -2.31. The van der Waals surface area contributed by atoms with Crippen molar-refractivity contribution in [3.8, 4) is 0 Å². The number of nitrogens with zero attached hydrogens (tertiary/aromatic N) is 1. The Morgan fingerprint density at radius 1 is 1.18 bits per heavy atom. The van der Waals surface area contributed by atoms with Crippen molar-refractivity contribution in [3.63, 3.8) is 0 Å². The van der Waals surface area contributed by atoms with Gasteiger partial charge in [-0.05, 0) is 31.0 Å². The predicted octanol–water partition coefficient (Wildman–Crippen LogP) is 2.87. The summed E-state index contributed by atoms with van der Waals surface area (Å²) in [6.45, 7) is 1.83. The molecule has 2 fully saturated rings. The first-order valence-electron chi connectivity index (χ1n) is 9.49. The highest BCUT2D eigenvalue weighted by atomic mass is 32.2. The van der Waals surface area contributed by atoms with Crippen LogP contribution in [-0.2, 0) is 20.9 Å². The molecule has 0 radical (unpaired) electrons. The standard InChI is InChI=1S/C22H23NO4S/c1-14(24)19-17-12-18(28-16-10-6-3-7-11-16)20(23(17)21(19)25)22(26)27-13-15-8-4-2-5-9-15/h2-11,14,17-20,24H,12-13H2,1H3/t14?,17?,18?,19?,20-/m0/s1. The molecular weight excluding hydrogens is 374 g/mol.